The van der Waals surface area contributed by atoms with Crippen LogP contribution in [0.2, 0.25) is 0 Å². The van der Waals surface area contributed by atoms with Crippen LogP contribution in [0.5, 0.6) is 5.75 Å². The Balaban J connectivity index is 2.74. The molecule has 0 bridgehead atoms. The minimum Gasteiger partial charge on any atom is -0.495 e. The fourth-order valence-corrected chi connectivity index (χ4v) is 1.36. The molecular weight excluding hydrogens is 204 g/mol. The quantitative estimate of drug-likeness (QED) is 0.666. The predicted molar refractivity (Wildman–Crippen MR) is 66.7 cm³/mol. The highest BCUT2D eigenvalue weighted by atomic mass is 16.5. The van der Waals surface area contributed by atoms with Crippen LogP contribution in [0.3, 0.4) is 0 Å². The van der Waals surface area contributed by atoms with Gasteiger partial charge in [-0.2, -0.15) is 0 Å². The zero-order valence-corrected chi connectivity index (χ0v) is 10.0. The van der Waals surface area contributed by atoms with E-state index in [1.165, 1.54) is 0 Å². The van der Waals surface area contributed by atoms with Crippen molar-refractivity contribution in [1.82, 2.24) is 0 Å². The monoisotopic (exact) mass is 224 g/mol. The lowest BCUT2D eigenvalue weighted by Gasteiger charge is -2.21. The van der Waals surface area contributed by atoms with Gasteiger partial charge in [0.2, 0.25) is 0 Å². The first-order valence-corrected chi connectivity index (χ1v) is 5.39. The van der Waals surface area contributed by atoms with Gasteiger partial charge in [0.25, 0.3) is 0 Å². The molecule has 1 aromatic rings. The molecule has 2 atom stereocenters. The molecule has 0 aromatic heterocycles. The van der Waals surface area contributed by atoms with Crippen LogP contribution < -0.4 is 15.8 Å². The average Bonchev–Trinajstić information content (AvgIpc) is 2.30. The van der Waals surface area contributed by atoms with Crippen molar-refractivity contribution in [2.75, 3.05) is 24.8 Å². The van der Waals surface area contributed by atoms with Gasteiger partial charge in [-0.1, -0.05) is 6.92 Å². The summed E-state index contributed by atoms with van der Waals surface area (Å²) >= 11 is 0. The normalized spacial score (nSPS) is 14.2. The third-order valence-corrected chi connectivity index (χ3v) is 2.77. The molecule has 0 fully saturated rings. The summed E-state index contributed by atoms with van der Waals surface area (Å²) in [4.78, 5) is 0. The van der Waals surface area contributed by atoms with Crippen molar-refractivity contribution in [3.05, 3.63) is 18.2 Å². The minimum absolute atomic E-state index is 0.167. The Bertz CT molecular complexity index is 342. The third kappa shape index (κ3) is 3.03. The first-order valence-electron chi connectivity index (χ1n) is 5.39. The molecule has 90 valence electrons. The largest absolute Gasteiger partial charge is 0.495 e. The molecule has 2 unspecified atom stereocenters. The molecular formula is C12H20N2O2. The molecule has 0 radical (unpaired) electrons. The number of hydrogen-bond donors (Lipinski definition) is 3. The highest BCUT2D eigenvalue weighted by molar-refractivity contribution is 5.61. The number of aliphatic hydroxyl groups is 1. The Morgan fingerprint density at radius 1 is 1.44 bits per heavy atom. The van der Waals surface area contributed by atoms with Crippen LogP contribution in [0.4, 0.5) is 11.4 Å². The summed E-state index contributed by atoms with van der Waals surface area (Å²) in [6.07, 6.45) is 0. The van der Waals surface area contributed by atoms with Gasteiger partial charge < -0.3 is 20.9 Å². The topological polar surface area (TPSA) is 67.5 Å². The zero-order chi connectivity index (χ0) is 12.1. The molecule has 0 amide bonds. The van der Waals surface area contributed by atoms with Gasteiger partial charge in [0.15, 0.2) is 0 Å². The Kier molecular flexibility index (Phi) is 4.43. The van der Waals surface area contributed by atoms with Crippen molar-refractivity contribution in [3.63, 3.8) is 0 Å². The van der Waals surface area contributed by atoms with E-state index in [2.05, 4.69) is 5.32 Å². The summed E-state index contributed by atoms with van der Waals surface area (Å²) < 4.78 is 5.14. The molecule has 4 nitrogen and oxygen atoms in total. The zero-order valence-electron chi connectivity index (χ0n) is 10.0. The van der Waals surface area contributed by atoms with E-state index >= 15 is 0 Å². The molecule has 0 heterocycles. The standard InChI is InChI=1S/C12H20N2O2/c1-8(7-15)9(2)14-10-4-5-11(13)12(6-10)16-3/h4-6,8-9,14-15H,7,13H2,1-3H3. The molecule has 1 aromatic carbocycles. The van der Waals surface area contributed by atoms with Crippen LogP contribution in [0.1, 0.15) is 13.8 Å². The number of ether oxygens (including phenoxy) is 1. The Morgan fingerprint density at radius 3 is 2.69 bits per heavy atom. The Labute approximate surface area is 96.4 Å². The van der Waals surface area contributed by atoms with Crippen molar-refractivity contribution in [2.45, 2.75) is 19.9 Å². The summed E-state index contributed by atoms with van der Waals surface area (Å²) in [6.45, 7) is 4.19. The van der Waals surface area contributed by atoms with E-state index in [0.29, 0.717) is 11.4 Å². The Morgan fingerprint density at radius 2 is 2.12 bits per heavy atom. The van der Waals surface area contributed by atoms with Crippen molar-refractivity contribution in [1.29, 1.82) is 0 Å². The van der Waals surface area contributed by atoms with E-state index < -0.39 is 0 Å². The van der Waals surface area contributed by atoms with E-state index in [1.807, 2.05) is 26.0 Å². The molecule has 0 saturated carbocycles. The van der Waals surface area contributed by atoms with E-state index in [4.69, 9.17) is 15.6 Å². The lowest BCUT2D eigenvalue weighted by molar-refractivity contribution is 0.226. The number of nitrogen functional groups attached to an aromatic ring is 1. The lowest BCUT2D eigenvalue weighted by atomic mass is 10.0. The summed E-state index contributed by atoms with van der Waals surface area (Å²) in [5, 5.41) is 12.3. The molecule has 0 aliphatic carbocycles. The maximum Gasteiger partial charge on any atom is 0.143 e. The fraction of sp³-hybridized carbons (Fsp3) is 0.500. The number of methoxy groups -OCH3 is 1. The van der Waals surface area contributed by atoms with Gasteiger partial charge in [0, 0.05) is 24.4 Å². The van der Waals surface area contributed by atoms with Gasteiger partial charge in [0.05, 0.1) is 12.8 Å². The van der Waals surface area contributed by atoms with Crippen LogP contribution in [0, 0.1) is 5.92 Å². The summed E-state index contributed by atoms with van der Waals surface area (Å²) in [5.74, 6) is 0.859. The van der Waals surface area contributed by atoms with Gasteiger partial charge in [-0.3, -0.25) is 0 Å². The number of nitrogens with one attached hydrogen (secondary N) is 1. The summed E-state index contributed by atoms with van der Waals surface area (Å²) in [5.41, 5.74) is 7.29. The smallest absolute Gasteiger partial charge is 0.143 e. The van der Waals surface area contributed by atoms with Crippen LogP contribution in [-0.2, 0) is 0 Å². The highest BCUT2D eigenvalue weighted by Crippen LogP contribution is 2.25. The van der Waals surface area contributed by atoms with Crippen molar-refractivity contribution in [2.24, 2.45) is 5.92 Å². The van der Waals surface area contributed by atoms with Crippen molar-refractivity contribution in [3.8, 4) is 5.75 Å². The second kappa shape index (κ2) is 5.61. The number of nitrogens with two attached hydrogens (primary N) is 1. The van der Waals surface area contributed by atoms with Crippen LogP contribution >= 0.6 is 0 Å². The maximum absolute atomic E-state index is 9.04. The van der Waals surface area contributed by atoms with Gasteiger partial charge in [-0.05, 0) is 25.0 Å². The molecule has 4 heteroatoms. The lowest BCUT2D eigenvalue weighted by Crippen LogP contribution is -2.26. The number of aliphatic hydroxyl groups excluding tert-OH is 1. The molecule has 16 heavy (non-hydrogen) atoms. The minimum atomic E-state index is 0.167. The molecule has 0 saturated heterocycles. The van der Waals surface area contributed by atoms with E-state index in [-0.39, 0.29) is 18.6 Å². The Hall–Kier alpha value is -1.42. The average molecular weight is 224 g/mol. The van der Waals surface area contributed by atoms with Crippen LogP contribution in [0.15, 0.2) is 18.2 Å². The van der Waals surface area contributed by atoms with Crippen LogP contribution in [-0.4, -0.2) is 24.9 Å². The van der Waals surface area contributed by atoms with Gasteiger partial charge in [-0.25, -0.2) is 0 Å². The number of anilines is 2. The first-order chi connectivity index (χ1) is 7.58. The van der Waals surface area contributed by atoms with E-state index in [1.54, 1.807) is 13.2 Å². The molecule has 0 aliphatic heterocycles. The SMILES string of the molecule is COc1cc(NC(C)C(C)CO)ccc1N. The summed E-state index contributed by atoms with van der Waals surface area (Å²) in [7, 11) is 1.59. The number of rotatable bonds is 5. The van der Waals surface area contributed by atoms with Gasteiger partial charge in [-0.15, -0.1) is 0 Å². The number of hydrogen-bond acceptors (Lipinski definition) is 4. The predicted octanol–water partition coefficient (Wildman–Crippen LogP) is 1.71. The molecule has 0 spiro atoms. The second-order valence-corrected chi connectivity index (χ2v) is 4.05. The third-order valence-electron chi connectivity index (χ3n) is 2.77. The van der Waals surface area contributed by atoms with E-state index in [0.717, 1.165) is 5.69 Å². The molecule has 0 aliphatic rings. The van der Waals surface area contributed by atoms with Gasteiger partial charge in [0.1, 0.15) is 5.75 Å². The first kappa shape index (κ1) is 12.6. The van der Waals surface area contributed by atoms with E-state index in [9.17, 15) is 0 Å². The summed E-state index contributed by atoms with van der Waals surface area (Å²) in [6, 6.07) is 5.75. The van der Waals surface area contributed by atoms with Crippen LogP contribution in [0.25, 0.3) is 0 Å². The van der Waals surface area contributed by atoms with Crippen molar-refractivity contribution < 1.29 is 9.84 Å². The van der Waals surface area contributed by atoms with Crippen molar-refractivity contribution >= 4 is 11.4 Å². The fourth-order valence-electron chi connectivity index (χ4n) is 1.36. The highest BCUT2D eigenvalue weighted by Gasteiger charge is 2.11. The maximum atomic E-state index is 9.04. The van der Waals surface area contributed by atoms with Gasteiger partial charge >= 0.3 is 0 Å². The number of benzene rings is 1. The molecule has 4 N–H and O–H groups in total. The molecule has 1 rings (SSSR count). The second-order valence-electron chi connectivity index (χ2n) is 4.05.